The molecule has 1 aliphatic heterocycles. The molecular weight excluding hydrogens is 394 g/mol. The molecule has 6 heteroatoms. The standard InChI is InChI=1S/C25H17NO5/c27-21(26-13-12-15-6-1-4-11-20(15)26)14-31-25(30)19-10-5-9-18-22(19)24(29)17-8-3-2-7-16(17)23(18)28/h1-11H,12-14H2. The van der Waals surface area contributed by atoms with Crippen LogP contribution in [0.4, 0.5) is 5.69 Å². The van der Waals surface area contributed by atoms with E-state index in [4.69, 9.17) is 4.74 Å². The molecule has 0 saturated carbocycles. The minimum absolute atomic E-state index is 0.0139. The van der Waals surface area contributed by atoms with Gasteiger partial charge in [-0.05, 0) is 24.1 Å². The van der Waals surface area contributed by atoms with E-state index in [2.05, 4.69) is 0 Å². The molecule has 0 N–H and O–H groups in total. The molecule has 0 spiro atoms. The Morgan fingerprint density at radius 3 is 2.29 bits per heavy atom. The molecule has 1 amide bonds. The van der Waals surface area contributed by atoms with Crippen LogP contribution in [0.5, 0.6) is 0 Å². The lowest BCUT2D eigenvalue weighted by atomic mass is 9.82. The SMILES string of the molecule is O=C(OCC(=O)N1CCc2ccccc21)c1cccc2c1C(=O)c1ccccc1C2=O. The average molecular weight is 411 g/mol. The van der Waals surface area contributed by atoms with Crippen molar-refractivity contribution in [2.75, 3.05) is 18.1 Å². The van der Waals surface area contributed by atoms with Gasteiger partial charge < -0.3 is 9.64 Å². The van der Waals surface area contributed by atoms with E-state index in [0.717, 1.165) is 17.7 Å². The number of rotatable bonds is 3. The molecule has 1 aliphatic carbocycles. The van der Waals surface area contributed by atoms with Crippen molar-refractivity contribution >= 4 is 29.1 Å². The van der Waals surface area contributed by atoms with Crippen molar-refractivity contribution in [2.24, 2.45) is 0 Å². The summed E-state index contributed by atoms with van der Waals surface area (Å²) in [6.45, 7) is 0.0792. The van der Waals surface area contributed by atoms with Gasteiger partial charge in [0.1, 0.15) is 0 Å². The maximum Gasteiger partial charge on any atom is 0.339 e. The first-order valence-corrected chi connectivity index (χ1v) is 9.93. The highest BCUT2D eigenvalue weighted by Gasteiger charge is 2.33. The molecule has 3 aromatic rings. The van der Waals surface area contributed by atoms with Crippen molar-refractivity contribution in [1.82, 2.24) is 0 Å². The first-order valence-electron chi connectivity index (χ1n) is 9.93. The molecule has 1 heterocycles. The number of carbonyl (C=O) groups excluding carboxylic acids is 4. The van der Waals surface area contributed by atoms with Gasteiger partial charge >= 0.3 is 5.97 Å². The Hall–Kier alpha value is -4.06. The number of carbonyl (C=O) groups is 4. The summed E-state index contributed by atoms with van der Waals surface area (Å²) in [5.41, 5.74) is 2.63. The van der Waals surface area contributed by atoms with Gasteiger partial charge in [-0.1, -0.05) is 54.6 Å². The second-order valence-electron chi connectivity index (χ2n) is 7.43. The lowest BCUT2D eigenvalue weighted by Crippen LogP contribution is -2.33. The highest BCUT2D eigenvalue weighted by atomic mass is 16.5. The number of hydrogen-bond acceptors (Lipinski definition) is 5. The van der Waals surface area contributed by atoms with E-state index < -0.39 is 18.4 Å². The molecule has 5 rings (SSSR count). The fourth-order valence-electron chi connectivity index (χ4n) is 4.20. The van der Waals surface area contributed by atoms with Gasteiger partial charge in [-0.15, -0.1) is 0 Å². The summed E-state index contributed by atoms with van der Waals surface area (Å²) < 4.78 is 5.26. The molecule has 6 nitrogen and oxygen atoms in total. The predicted molar refractivity (Wildman–Crippen MR) is 113 cm³/mol. The molecule has 31 heavy (non-hydrogen) atoms. The zero-order chi connectivity index (χ0) is 21.5. The Bertz CT molecular complexity index is 1280. The number of ether oxygens (including phenoxy) is 1. The van der Waals surface area contributed by atoms with Crippen LogP contribution >= 0.6 is 0 Å². The summed E-state index contributed by atoms with van der Waals surface area (Å²) in [5.74, 6) is -1.86. The first kappa shape index (κ1) is 18.9. The number of para-hydroxylation sites is 1. The Labute approximate surface area is 178 Å². The zero-order valence-electron chi connectivity index (χ0n) is 16.5. The summed E-state index contributed by atoms with van der Waals surface area (Å²) >= 11 is 0. The summed E-state index contributed by atoms with van der Waals surface area (Å²) in [4.78, 5) is 52.9. The molecule has 2 aliphatic rings. The van der Waals surface area contributed by atoms with Crippen molar-refractivity contribution in [3.8, 4) is 0 Å². The quantitative estimate of drug-likeness (QED) is 0.484. The highest BCUT2D eigenvalue weighted by Crippen LogP contribution is 2.30. The van der Waals surface area contributed by atoms with E-state index in [1.165, 1.54) is 18.2 Å². The topological polar surface area (TPSA) is 80.8 Å². The summed E-state index contributed by atoms with van der Waals surface area (Å²) in [7, 11) is 0. The lowest BCUT2D eigenvalue weighted by Gasteiger charge is -2.20. The van der Waals surface area contributed by atoms with Crippen molar-refractivity contribution in [2.45, 2.75) is 6.42 Å². The fourth-order valence-corrected chi connectivity index (χ4v) is 4.20. The maximum absolute atomic E-state index is 13.0. The van der Waals surface area contributed by atoms with Crippen LogP contribution in [-0.2, 0) is 16.0 Å². The van der Waals surface area contributed by atoms with Gasteiger partial charge in [0.15, 0.2) is 18.2 Å². The van der Waals surface area contributed by atoms with Gasteiger partial charge in [-0.25, -0.2) is 4.79 Å². The number of amides is 1. The van der Waals surface area contributed by atoms with Crippen molar-refractivity contribution in [3.05, 3.63) is 100 Å². The Morgan fingerprint density at radius 2 is 1.48 bits per heavy atom. The van der Waals surface area contributed by atoms with E-state index in [0.29, 0.717) is 12.1 Å². The third kappa shape index (κ3) is 3.04. The van der Waals surface area contributed by atoms with Crippen LogP contribution in [-0.4, -0.2) is 36.6 Å². The molecule has 0 saturated heterocycles. The van der Waals surface area contributed by atoms with E-state index in [9.17, 15) is 19.2 Å². The number of anilines is 1. The third-order valence-corrected chi connectivity index (χ3v) is 5.69. The average Bonchev–Trinajstić information content (AvgIpc) is 3.24. The normalized spacial score (nSPS) is 14.0. The number of esters is 1. The van der Waals surface area contributed by atoms with Crippen LogP contribution in [0.3, 0.4) is 0 Å². The van der Waals surface area contributed by atoms with Gasteiger partial charge in [-0.2, -0.15) is 0 Å². The van der Waals surface area contributed by atoms with Crippen LogP contribution in [0, 0.1) is 0 Å². The third-order valence-electron chi connectivity index (χ3n) is 5.69. The maximum atomic E-state index is 13.0. The fraction of sp³-hybridized carbons (Fsp3) is 0.120. The summed E-state index contributed by atoms with van der Waals surface area (Å²) in [6.07, 6.45) is 0.748. The second-order valence-corrected chi connectivity index (χ2v) is 7.43. The minimum atomic E-state index is -0.807. The van der Waals surface area contributed by atoms with Crippen molar-refractivity contribution in [3.63, 3.8) is 0 Å². The predicted octanol–water partition coefficient (Wildman–Crippen LogP) is 3.21. The molecule has 3 aromatic carbocycles. The van der Waals surface area contributed by atoms with Gasteiger partial charge in [-0.3, -0.25) is 14.4 Å². The van der Waals surface area contributed by atoms with E-state index in [1.54, 1.807) is 29.2 Å². The molecular formula is C25H17NO5. The first-order chi connectivity index (χ1) is 15.1. The number of nitrogens with zero attached hydrogens (tertiary/aromatic N) is 1. The van der Waals surface area contributed by atoms with Crippen LogP contribution in [0.25, 0.3) is 0 Å². The van der Waals surface area contributed by atoms with Crippen LogP contribution in [0.15, 0.2) is 66.7 Å². The molecule has 0 aromatic heterocycles. The van der Waals surface area contributed by atoms with E-state index in [1.807, 2.05) is 24.3 Å². The largest absolute Gasteiger partial charge is 0.452 e. The van der Waals surface area contributed by atoms with Crippen LogP contribution in [0.1, 0.15) is 47.8 Å². The Morgan fingerprint density at radius 1 is 0.806 bits per heavy atom. The lowest BCUT2D eigenvalue weighted by molar-refractivity contribution is -0.121. The van der Waals surface area contributed by atoms with E-state index >= 15 is 0 Å². The highest BCUT2D eigenvalue weighted by molar-refractivity contribution is 6.30. The number of benzene rings is 3. The van der Waals surface area contributed by atoms with Crippen LogP contribution in [0.2, 0.25) is 0 Å². The molecule has 152 valence electrons. The van der Waals surface area contributed by atoms with Crippen molar-refractivity contribution < 1.29 is 23.9 Å². The molecule has 0 bridgehead atoms. The Kier molecular flexibility index (Phi) is 4.47. The van der Waals surface area contributed by atoms with E-state index in [-0.39, 0.29) is 33.9 Å². The van der Waals surface area contributed by atoms with Gasteiger partial charge in [0.2, 0.25) is 0 Å². The van der Waals surface area contributed by atoms with Crippen molar-refractivity contribution in [1.29, 1.82) is 0 Å². The van der Waals surface area contributed by atoms with Gasteiger partial charge in [0.25, 0.3) is 5.91 Å². The number of fused-ring (bicyclic) bond motifs is 3. The number of ketones is 2. The second kappa shape index (κ2) is 7.32. The molecule has 0 atom stereocenters. The summed E-state index contributed by atoms with van der Waals surface area (Å²) in [6, 6.07) is 18.6. The number of hydrogen-bond donors (Lipinski definition) is 0. The minimum Gasteiger partial charge on any atom is -0.452 e. The zero-order valence-corrected chi connectivity index (χ0v) is 16.5. The monoisotopic (exact) mass is 411 g/mol. The Balaban J connectivity index is 1.39. The molecule has 0 unspecified atom stereocenters. The van der Waals surface area contributed by atoms with Gasteiger partial charge in [0.05, 0.1) is 5.56 Å². The molecule has 0 fully saturated rings. The van der Waals surface area contributed by atoms with Crippen LogP contribution < -0.4 is 4.90 Å². The molecule has 0 radical (unpaired) electrons. The summed E-state index contributed by atoms with van der Waals surface area (Å²) in [5, 5.41) is 0. The van der Waals surface area contributed by atoms with Gasteiger partial charge in [0, 0.05) is 34.5 Å². The smallest absolute Gasteiger partial charge is 0.339 e.